The first kappa shape index (κ1) is 14.5. The second-order valence-electron chi connectivity index (χ2n) is 5.69. The standard InChI is InChI=1S/C19H18O3/c1-13(20)15-7-9-17(10-8-15)16-5-2-14(3-6-16)4-11-18-12-19(21)22-18/h2-3,5-10,18H,4,11-12H2,1H3. The molecule has 1 fully saturated rings. The van der Waals surface area contributed by atoms with Crippen LogP contribution < -0.4 is 0 Å². The van der Waals surface area contributed by atoms with E-state index in [-0.39, 0.29) is 17.9 Å². The fourth-order valence-electron chi connectivity index (χ4n) is 2.61. The van der Waals surface area contributed by atoms with Crippen molar-refractivity contribution in [3.8, 4) is 11.1 Å². The van der Waals surface area contributed by atoms with Crippen LogP contribution in [0.15, 0.2) is 48.5 Å². The van der Waals surface area contributed by atoms with Gasteiger partial charge in [0.05, 0.1) is 6.42 Å². The molecule has 0 spiro atoms. The molecule has 1 aliphatic heterocycles. The predicted molar refractivity (Wildman–Crippen MR) is 84.7 cm³/mol. The van der Waals surface area contributed by atoms with E-state index < -0.39 is 0 Å². The van der Waals surface area contributed by atoms with Crippen LogP contribution in [0.3, 0.4) is 0 Å². The third-order valence-electron chi connectivity index (χ3n) is 4.03. The lowest BCUT2D eigenvalue weighted by molar-refractivity contribution is -0.169. The molecule has 1 heterocycles. The first-order chi connectivity index (χ1) is 10.6. The van der Waals surface area contributed by atoms with Gasteiger partial charge in [-0.1, -0.05) is 48.5 Å². The fraction of sp³-hybridized carbons (Fsp3) is 0.263. The SMILES string of the molecule is CC(=O)c1ccc(-c2ccc(CCC3CC(=O)O3)cc2)cc1. The molecular formula is C19H18O3. The van der Waals surface area contributed by atoms with Crippen LogP contribution in [0.2, 0.25) is 0 Å². The van der Waals surface area contributed by atoms with E-state index in [4.69, 9.17) is 4.74 Å². The smallest absolute Gasteiger partial charge is 0.309 e. The molecule has 22 heavy (non-hydrogen) atoms. The van der Waals surface area contributed by atoms with E-state index in [9.17, 15) is 9.59 Å². The van der Waals surface area contributed by atoms with Gasteiger partial charge >= 0.3 is 5.97 Å². The van der Waals surface area contributed by atoms with Crippen LogP contribution in [-0.2, 0) is 16.0 Å². The molecule has 0 amide bonds. The monoisotopic (exact) mass is 294 g/mol. The van der Waals surface area contributed by atoms with Crippen LogP contribution in [0, 0.1) is 0 Å². The summed E-state index contributed by atoms with van der Waals surface area (Å²) in [4.78, 5) is 22.0. The third kappa shape index (κ3) is 3.25. The van der Waals surface area contributed by atoms with Gasteiger partial charge in [-0.2, -0.15) is 0 Å². The van der Waals surface area contributed by atoms with Gasteiger partial charge in [0.25, 0.3) is 0 Å². The van der Waals surface area contributed by atoms with Crippen molar-refractivity contribution in [2.24, 2.45) is 0 Å². The third-order valence-corrected chi connectivity index (χ3v) is 4.03. The van der Waals surface area contributed by atoms with E-state index >= 15 is 0 Å². The molecule has 3 heteroatoms. The minimum absolute atomic E-state index is 0.0820. The number of hydrogen-bond acceptors (Lipinski definition) is 3. The molecule has 1 unspecified atom stereocenters. The molecule has 1 saturated heterocycles. The van der Waals surface area contributed by atoms with Gasteiger partial charge in [0.2, 0.25) is 0 Å². The zero-order valence-corrected chi connectivity index (χ0v) is 12.5. The molecule has 112 valence electrons. The van der Waals surface area contributed by atoms with Crippen molar-refractivity contribution >= 4 is 11.8 Å². The molecular weight excluding hydrogens is 276 g/mol. The summed E-state index contributed by atoms with van der Waals surface area (Å²) in [6, 6.07) is 16.0. The summed E-state index contributed by atoms with van der Waals surface area (Å²) in [5.74, 6) is -0.00653. The maximum Gasteiger partial charge on any atom is 0.309 e. The van der Waals surface area contributed by atoms with Gasteiger partial charge in [-0.05, 0) is 36.5 Å². The second kappa shape index (κ2) is 6.14. The van der Waals surface area contributed by atoms with Crippen LogP contribution in [0.25, 0.3) is 11.1 Å². The average molecular weight is 294 g/mol. The van der Waals surface area contributed by atoms with Crippen molar-refractivity contribution in [3.63, 3.8) is 0 Å². The molecule has 0 bridgehead atoms. The van der Waals surface area contributed by atoms with Gasteiger partial charge < -0.3 is 4.74 Å². The summed E-state index contributed by atoms with van der Waals surface area (Å²) < 4.78 is 5.02. The molecule has 3 nitrogen and oxygen atoms in total. The number of aryl methyl sites for hydroxylation is 1. The number of carbonyl (C=O) groups is 2. The highest BCUT2D eigenvalue weighted by Gasteiger charge is 2.27. The Balaban J connectivity index is 1.63. The number of benzene rings is 2. The largest absolute Gasteiger partial charge is 0.462 e. The van der Waals surface area contributed by atoms with Crippen LogP contribution in [0.4, 0.5) is 0 Å². The normalized spacial score (nSPS) is 16.8. The van der Waals surface area contributed by atoms with Gasteiger partial charge in [-0.15, -0.1) is 0 Å². The zero-order valence-electron chi connectivity index (χ0n) is 12.5. The number of hydrogen-bond donors (Lipinski definition) is 0. The number of Topliss-reactive ketones (excluding diaryl/α,β-unsaturated/α-hetero) is 1. The van der Waals surface area contributed by atoms with Crippen molar-refractivity contribution < 1.29 is 14.3 Å². The molecule has 2 aromatic carbocycles. The average Bonchev–Trinajstić information content (AvgIpc) is 2.51. The van der Waals surface area contributed by atoms with E-state index in [0.29, 0.717) is 6.42 Å². The maximum atomic E-state index is 11.3. The summed E-state index contributed by atoms with van der Waals surface area (Å²) >= 11 is 0. The highest BCUT2D eigenvalue weighted by Crippen LogP contribution is 2.23. The van der Waals surface area contributed by atoms with Gasteiger partial charge in [-0.25, -0.2) is 0 Å². The number of ketones is 1. The van der Waals surface area contributed by atoms with Crippen molar-refractivity contribution in [1.29, 1.82) is 0 Å². The molecule has 1 aliphatic rings. The lowest BCUT2D eigenvalue weighted by Gasteiger charge is -2.25. The second-order valence-corrected chi connectivity index (χ2v) is 5.69. The van der Waals surface area contributed by atoms with Gasteiger partial charge in [0.15, 0.2) is 5.78 Å². The summed E-state index contributed by atoms with van der Waals surface area (Å²) in [6.07, 6.45) is 2.46. The van der Waals surface area contributed by atoms with E-state index in [1.807, 2.05) is 24.3 Å². The van der Waals surface area contributed by atoms with E-state index in [1.165, 1.54) is 5.56 Å². The fourth-order valence-corrected chi connectivity index (χ4v) is 2.61. The Labute approximate surface area is 129 Å². The number of ether oxygens (including phenoxy) is 1. The van der Waals surface area contributed by atoms with E-state index in [1.54, 1.807) is 6.92 Å². The molecule has 0 saturated carbocycles. The van der Waals surface area contributed by atoms with Gasteiger partial charge in [-0.3, -0.25) is 9.59 Å². The number of cyclic esters (lactones) is 1. The van der Waals surface area contributed by atoms with Crippen LogP contribution >= 0.6 is 0 Å². The topological polar surface area (TPSA) is 43.4 Å². The molecule has 0 N–H and O–H groups in total. The molecule has 0 aromatic heterocycles. The molecule has 3 rings (SSSR count). The number of carbonyl (C=O) groups excluding carboxylic acids is 2. The van der Waals surface area contributed by atoms with Crippen molar-refractivity contribution in [2.75, 3.05) is 0 Å². The Bertz CT molecular complexity index is 676. The molecule has 1 atom stereocenters. The lowest BCUT2D eigenvalue weighted by Crippen LogP contribution is -2.32. The minimum atomic E-state index is -0.0886. The molecule has 0 aliphatic carbocycles. The first-order valence-electron chi connectivity index (χ1n) is 7.51. The zero-order chi connectivity index (χ0) is 15.5. The van der Waals surface area contributed by atoms with Crippen LogP contribution in [0.5, 0.6) is 0 Å². The predicted octanol–water partition coefficient (Wildman–Crippen LogP) is 3.80. The van der Waals surface area contributed by atoms with Gasteiger partial charge in [0, 0.05) is 5.56 Å². The first-order valence-corrected chi connectivity index (χ1v) is 7.51. The van der Waals surface area contributed by atoms with E-state index in [0.717, 1.165) is 29.5 Å². The van der Waals surface area contributed by atoms with Gasteiger partial charge in [0.1, 0.15) is 6.10 Å². The Kier molecular flexibility index (Phi) is 4.05. The number of rotatable bonds is 5. The Morgan fingerprint density at radius 3 is 2.09 bits per heavy atom. The highest BCUT2D eigenvalue weighted by molar-refractivity contribution is 5.94. The van der Waals surface area contributed by atoms with Crippen molar-refractivity contribution in [1.82, 2.24) is 0 Å². The van der Waals surface area contributed by atoms with Crippen LogP contribution in [-0.4, -0.2) is 17.9 Å². The molecule has 0 radical (unpaired) electrons. The lowest BCUT2D eigenvalue weighted by atomic mass is 9.98. The Hall–Kier alpha value is -2.42. The van der Waals surface area contributed by atoms with Crippen LogP contribution in [0.1, 0.15) is 35.7 Å². The van der Waals surface area contributed by atoms with Crippen molar-refractivity contribution in [2.45, 2.75) is 32.3 Å². The Morgan fingerprint density at radius 2 is 1.59 bits per heavy atom. The summed E-state index contributed by atoms with van der Waals surface area (Å²) in [7, 11) is 0. The maximum absolute atomic E-state index is 11.3. The quantitative estimate of drug-likeness (QED) is 0.622. The minimum Gasteiger partial charge on any atom is -0.462 e. The summed E-state index contributed by atoms with van der Waals surface area (Å²) in [5.41, 5.74) is 4.21. The summed E-state index contributed by atoms with van der Waals surface area (Å²) in [6.45, 7) is 1.57. The Morgan fingerprint density at radius 1 is 1.05 bits per heavy atom. The highest BCUT2D eigenvalue weighted by atomic mass is 16.6. The number of esters is 1. The molecule has 2 aromatic rings. The van der Waals surface area contributed by atoms with E-state index in [2.05, 4.69) is 24.3 Å². The van der Waals surface area contributed by atoms with Crippen molar-refractivity contribution in [3.05, 3.63) is 59.7 Å². The summed E-state index contributed by atoms with van der Waals surface area (Å²) in [5, 5.41) is 0.